The molecule has 0 saturated heterocycles. The van der Waals surface area contributed by atoms with E-state index in [9.17, 15) is 4.39 Å². The number of nitrogens with zero attached hydrogens (tertiary/aromatic N) is 1. The van der Waals surface area contributed by atoms with Crippen LogP contribution in [0.5, 0.6) is 0 Å². The van der Waals surface area contributed by atoms with Crippen molar-refractivity contribution in [1.29, 1.82) is 0 Å². The maximum Gasteiger partial charge on any atom is 0.151 e. The van der Waals surface area contributed by atoms with Crippen molar-refractivity contribution in [2.45, 2.75) is 6.67 Å². The van der Waals surface area contributed by atoms with Gasteiger partial charge in [0.15, 0.2) is 5.15 Å². The average Bonchev–Trinajstić information content (AvgIpc) is 1.95. The van der Waals surface area contributed by atoms with Crippen molar-refractivity contribution in [2.24, 2.45) is 0 Å². The summed E-state index contributed by atoms with van der Waals surface area (Å²) >= 11 is 5.48. The Bertz CT molecular complexity index is 239. The Balaban J connectivity index is 3.04. The largest absolute Gasteiger partial charge is 0.396 e. The van der Waals surface area contributed by atoms with Crippen LogP contribution >= 0.6 is 11.6 Å². The van der Waals surface area contributed by atoms with Crippen LogP contribution in [0.2, 0.25) is 5.15 Å². The van der Waals surface area contributed by atoms with Crippen LogP contribution in [0.1, 0.15) is 5.56 Å². The van der Waals surface area contributed by atoms with E-state index in [2.05, 4.69) is 4.98 Å². The molecule has 1 heterocycles. The first-order valence-corrected chi connectivity index (χ1v) is 3.07. The van der Waals surface area contributed by atoms with Gasteiger partial charge in [-0.05, 0) is 6.07 Å². The summed E-state index contributed by atoms with van der Waals surface area (Å²) in [6.45, 7) is -0.561. The first-order chi connectivity index (χ1) is 4.74. The number of pyridine rings is 1. The molecule has 2 N–H and O–H groups in total. The molecule has 0 radical (unpaired) electrons. The predicted molar refractivity (Wildman–Crippen MR) is 38.5 cm³/mol. The standard InChI is InChI=1S/C6H6ClFN2/c7-6-5(9)1-4(2-8)3-10-6/h1,3H,2,9H2. The van der Waals surface area contributed by atoms with Gasteiger partial charge in [-0.1, -0.05) is 11.6 Å². The van der Waals surface area contributed by atoms with Gasteiger partial charge in [-0.3, -0.25) is 0 Å². The Morgan fingerprint density at radius 2 is 2.40 bits per heavy atom. The molecule has 1 aromatic heterocycles. The van der Waals surface area contributed by atoms with E-state index < -0.39 is 6.67 Å². The predicted octanol–water partition coefficient (Wildman–Crippen LogP) is 1.79. The molecule has 2 nitrogen and oxygen atoms in total. The minimum Gasteiger partial charge on any atom is -0.396 e. The zero-order valence-corrected chi connectivity index (χ0v) is 5.90. The molecule has 1 rings (SSSR count). The van der Waals surface area contributed by atoms with Crippen LogP contribution < -0.4 is 5.73 Å². The van der Waals surface area contributed by atoms with Gasteiger partial charge < -0.3 is 5.73 Å². The Morgan fingerprint density at radius 3 is 2.90 bits per heavy atom. The van der Waals surface area contributed by atoms with Crippen LogP contribution in [0.15, 0.2) is 12.3 Å². The van der Waals surface area contributed by atoms with Crippen molar-refractivity contribution in [1.82, 2.24) is 4.98 Å². The Morgan fingerprint density at radius 1 is 1.70 bits per heavy atom. The van der Waals surface area contributed by atoms with E-state index in [0.717, 1.165) is 0 Å². The molecule has 0 bridgehead atoms. The number of alkyl halides is 1. The molecule has 0 aliphatic carbocycles. The van der Waals surface area contributed by atoms with Gasteiger partial charge in [0.25, 0.3) is 0 Å². The molecule has 10 heavy (non-hydrogen) atoms. The molecular weight excluding hydrogens is 155 g/mol. The summed E-state index contributed by atoms with van der Waals surface area (Å²) in [5.74, 6) is 0. The quantitative estimate of drug-likeness (QED) is 0.637. The van der Waals surface area contributed by atoms with E-state index in [0.29, 0.717) is 11.3 Å². The summed E-state index contributed by atoms with van der Waals surface area (Å²) < 4.78 is 11.9. The van der Waals surface area contributed by atoms with Gasteiger partial charge in [0, 0.05) is 11.8 Å². The molecule has 0 atom stereocenters. The molecule has 0 aliphatic heterocycles. The highest BCUT2D eigenvalue weighted by atomic mass is 35.5. The summed E-state index contributed by atoms with van der Waals surface area (Å²) in [5.41, 5.74) is 6.10. The number of aromatic nitrogens is 1. The number of rotatable bonds is 1. The minimum absolute atomic E-state index is 0.220. The molecule has 54 valence electrons. The highest BCUT2D eigenvalue weighted by Crippen LogP contribution is 2.16. The van der Waals surface area contributed by atoms with Crippen molar-refractivity contribution < 1.29 is 4.39 Å². The summed E-state index contributed by atoms with van der Waals surface area (Å²) in [6.07, 6.45) is 1.36. The van der Waals surface area contributed by atoms with E-state index in [-0.39, 0.29) is 5.15 Å². The first-order valence-electron chi connectivity index (χ1n) is 2.70. The molecule has 0 spiro atoms. The smallest absolute Gasteiger partial charge is 0.151 e. The summed E-state index contributed by atoms with van der Waals surface area (Å²) in [4.78, 5) is 3.65. The maximum absolute atomic E-state index is 11.9. The molecule has 4 heteroatoms. The number of halogens is 2. The van der Waals surface area contributed by atoms with E-state index in [4.69, 9.17) is 17.3 Å². The summed E-state index contributed by atoms with van der Waals surface area (Å²) in [5, 5.41) is 0.220. The Kier molecular flexibility index (Phi) is 2.06. The topological polar surface area (TPSA) is 38.9 Å². The fourth-order valence-corrected chi connectivity index (χ4v) is 0.687. The SMILES string of the molecule is Nc1cc(CF)cnc1Cl. The van der Waals surface area contributed by atoms with Gasteiger partial charge in [-0.15, -0.1) is 0 Å². The van der Waals surface area contributed by atoms with Gasteiger partial charge in [0.1, 0.15) is 6.67 Å². The van der Waals surface area contributed by atoms with Gasteiger partial charge >= 0.3 is 0 Å². The molecule has 0 unspecified atom stereocenters. The average molecular weight is 161 g/mol. The van der Waals surface area contributed by atoms with Crippen LogP contribution in [0.3, 0.4) is 0 Å². The molecule has 0 fully saturated rings. The van der Waals surface area contributed by atoms with Gasteiger partial charge in [0.2, 0.25) is 0 Å². The lowest BCUT2D eigenvalue weighted by Gasteiger charge is -1.97. The normalized spacial score (nSPS) is 9.80. The highest BCUT2D eigenvalue weighted by Gasteiger charge is 1.97. The fourth-order valence-electron chi connectivity index (χ4n) is 0.584. The van der Waals surface area contributed by atoms with Gasteiger partial charge in [0.05, 0.1) is 5.69 Å². The highest BCUT2D eigenvalue weighted by molar-refractivity contribution is 6.31. The second-order valence-corrected chi connectivity index (χ2v) is 2.22. The summed E-state index contributed by atoms with van der Waals surface area (Å²) in [6, 6.07) is 1.47. The van der Waals surface area contributed by atoms with E-state index in [1.807, 2.05) is 0 Å². The molecule has 0 saturated carbocycles. The van der Waals surface area contributed by atoms with Crippen LogP contribution in [-0.4, -0.2) is 4.98 Å². The lowest BCUT2D eigenvalue weighted by molar-refractivity contribution is 0.484. The van der Waals surface area contributed by atoms with Crippen LogP contribution in [-0.2, 0) is 6.67 Å². The van der Waals surface area contributed by atoms with Gasteiger partial charge in [-0.25, -0.2) is 9.37 Å². The number of hydrogen-bond donors (Lipinski definition) is 1. The van der Waals surface area contributed by atoms with Gasteiger partial charge in [-0.2, -0.15) is 0 Å². The van der Waals surface area contributed by atoms with Crippen LogP contribution in [0.25, 0.3) is 0 Å². The number of anilines is 1. The third-order valence-electron chi connectivity index (χ3n) is 1.08. The fraction of sp³-hybridized carbons (Fsp3) is 0.167. The van der Waals surface area contributed by atoms with Crippen molar-refractivity contribution in [3.63, 3.8) is 0 Å². The zero-order chi connectivity index (χ0) is 7.56. The Hall–Kier alpha value is -0.830. The third kappa shape index (κ3) is 1.36. The number of hydrogen-bond acceptors (Lipinski definition) is 2. The van der Waals surface area contributed by atoms with Crippen molar-refractivity contribution >= 4 is 17.3 Å². The van der Waals surface area contributed by atoms with Crippen molar-refractivity contribution in [3.05, 3.63) is 23.0 Å². The van der Waals surface area contributed by atoms with Crippen LogP contribution in [0, 0.1) is 0 Å². The monoisotopic (exact) mass is 160 g/mol. The number of nitrogens with two attached hydrogens (primary N) is 1. The van der Waals surface area contributed by atoms with E-state index in [1.165, 1.54) is 12.3 Å². The van der Waals surface area contributed by atoms with Crippen LogP contribution in [0.4, 0.5) is 10.1 Å². The van der Waals surface area contributed by atoms with E-state index in [1.54, 1.807) is 0 Å². The molecule has 1 aromatic rings. The summed E-state index contributed by atoms with van der Waals surface area (Å²) in [7, 11) is 0. The molecule has 0 aromatic carbocycles. The van der Waals surface area contributed by atoms with Crippen molar-refractivity contribution in [3.8, 4) is 0 Å². The Labute approximate surface area is 62.8 Å². The molecule has 0 aliphatic rings. The lowest BCUT2D eigenvalue weighted by atomic mass is 10.3. The van der Waals surface area contributed by atoms with E-state index >= 15 is 0 Å². The molecule has 0 amide bonds. The minimum atomic E-state index is -0.561. The first kappa shape index (κ1) is 7.28. The lowest BCUT2D eigenvalue weighted by Crippen LogP contribution is -1.91. The zero-order valence-electron chi connectivity index (χ0n) is 5.14. The van der Waals surface area contributed by atoms with Crippen molar-refractivity contribution in [2.75, 3.05) is 5.73 Å². The second-order valence-electron chi connectivity index (χ2n) is 1.86. The second kappa shape index (κ2) is 2.84. The number of nitrogen functional groups attached to an aromatic ring is 1. The third-order valence-corrected chi connectivity index (χ3v) is 1.39. The maximum atomic E-state index is 11.9. The molecular formula is C6H6ClFN2.